The van der Waals surface area contributed by atoms with E-state index in [1.807, 2.05) is 20.2 Å². The maximum atomic E-state index is 5.98. The molecular weight excluding hydrogens is 240 g/mol. The van der Waals surface area contributed by atoms with Crippen LogP contribution < -0.4 is 11.1 Å². The molecule has 0 aliphatic carbocycles. The van der Waals surface area contributed by atoms with Crippen molar-refractivity contribution in [1.82, 2.24) is 19.7 Å². The Morgan fingerprint density at radius 2 is 2.29 bits per heavy atom. The van der Waals surface area contributed by atoms with Gasteiger partial charge in [0.15, 0.2) is 5.82 Å². The first-order valence-electron chi connectivity index (χ1n) is 5.17. The smallest absolute Gasteiger partial charge is 0.222 e. The zero-order valence-electron chi connectivity index (χ0n) is 9.61. The van der Waals surface area contributed by atoms with E-state index in [0.717, 1.165) is 17.8 Å². The standard InChI is InChI=1S/C10H13ClN6/c1-3-7-8(5-17(2)16-7)14-9-6(11)4-13-10(12)15-9/h4-5H,3H2,1-2H3,(H3,12,13,14,15). The number of nitrogens with two attached hydrogens (primary N) is 1. The van der Waals surface area contributed by atoms with Gasteiger partial charge in [-0.15, -0.1) is 0 Å². The Bertz CT molecular complexity index is 536. The Kier molecular flexibility index (Phi) is 3.14. The predicted molar refractivity (Wildman–Crippen MR) is 67.3 cm³/mol. The molecule has 0 saturated carbocycles. The second kappa shape index (κ2) is 4.58. The molecule has 0 saturated heterocycles. The molecule has 0 spiro atoms. The van der Waals surface area contributed by atoms with Crippen molar-refractivity contribution in [1.29, 1.82) is 0 Å². The minimum atomic E-state index is 0.179. The van der Waals surface area contributed by atoms with Crippen LogP contribution in [-0.4, -0.2) is 19.7 Å². The number of aryl methyl sites for hydroxylation is 2. The van der Waals surface area contributed by atoms with Gasteiger partial charge in [-0.05, 0) is 6.42 Å². The summed E-state index contributed by atoms with van der Waals surface area (Å²) in [7, 11) is 1.86. The molecule has 90 valence electrons. The summed E-state index contributed by atoms with van der Waals surface area (Å²) in [6.07, 6.45) is 4.16. The van der Waals surface area contributed by atoms with Crippen LogP contribution >= 0.6 is 11.6 Å². The lowest BCUT2D eigenvalue weighted by Gasteiger charge is -2.06. The number of nitrogens with zero attached hydrogens (tertiary/aromatic N) is 4. The molecule has 2 rings (SSSR count). The van der Waals surface area contributed by atoms with Crippen molar-refractivity contribution < 1.29 is 0 Å². The number of anilines is 3. The lowest BCUT2D eigenvalue weighted by Crippen LogP contribution is -2.01. The van der Waals surface area contributed by atoms with Gasteiger partial charge in [-0.1, -0.05) is 18.5 Å². The second-order valence-electron chi connectivity index (χ2n) is 3.57. The minimum absolute atomic E-state index is 0.179. The molecular formula is C10H13ClN6. The first-order valence-corrected chi connectivity index (χ1v) is 5.55. The highest BCUT2D eigenvalue weighted by Gasteiger charge is 2.09. The van der Waals surface area contributed by atoms with Crippen LogP contribution in [0.25, 0.3) is 0 Å². The van der Waals surface area contributed by atoms with E-state index in [1.54, 1.807) is 4.68 Å². The van der Waals surface area contributed by atoms with E-state index in [0.29, 0.717) is 10.8 Å². The summed E-state index contributed by atoms with van der Waals surface area (Å²) < 4.78 is 1.74. The zero-order valence-corrected chi connectivity index (χ0v) is 10.4. The summed E-state index contributed by atoms with van der Waals surface area (Å²) in [6, 6.07) is 0. The number of nitrogen functional groups attached to an aromatic ring is 1. The molecule has 2 heterocycles. The van der Waals surface area contributed by atoms with Crippen LogP contribution in [0.1, 0.15) is 12.6 Å². The van der Waals surface area contributed by atoms with E-state index in [2.05, 4.69) is 20.4 Å². The SMILES string of the molecule is CCc1nn(C)cc1Nc1nc(N)ncc1Cl. The van der Waals surface area contributed by atoms with Crippen LogP contribution in [-0.2, 0) is 13.5 Å². The summed E-state index contributed by atoms with van der Waals surface area (Å²) in [5.41, 5.74) is 7.33. The molecule has 0 atom stereocenters. The van der Waals surface area contributed by atoms with E-state index in [1.165, 1.54) is 6.20 Å². The van der Waals surface area contributed by atoms with Gasteiger partial charge in [-0.25, -0.2) is 4.98 Å². The highest BCUT2D eigenvalue weighted by atomic mass is 35.5. The fourth-order valence-electron chi connectivity index (χ4n) is 1.50. The van der Waals surface area contributed by atoms with Crippen molar-refractivity contribution in [2.45, 2.75) is 13.3 Å². The molecule has 2 aromatic rings. The first-order chi connectivity index (χ1) is 8.10. The molecule has 7 heteroatoms. The van der Waals surface area contributed by atoms with E-state index in [-0.39, 0.29) is 5.95 Å². The molecule has 0 aromatic carbocycles. The molecule has 17 heavy (non-hydrogen) atoms. The fourth-order valence-corrected chi connectivity index (χ4v) is 1.63. The number of hydrogen-bond acceptors (Lipinski definition) is 5. The Balaban J connectivity index is 2.33. The highest BCUT2D eigenvalue weighted by molar-refractivity contribution is 6.32. The third-order valence-corrected chi connectivity index (χ3v) is 2.53. The van der Waals surface area contributed by atoms with Gasteiger partial charge in [-0.3, -0.25) is 4.68 Å². The number of hydrogen-bond donors (Lipinski definition) is 2. The summed E-state index contributed by atoms with van der Waals surface area (Å²) in [5, 5.41) is 7.84. The van der Waals surface area contributed by atoms with Gasteiger partial charge < -0.3 is 11.1 Å². The fraction of sp³-hybridized carbons (Fsp3) is 0.300. The first kappa shape index (κ1) is 11.7. The maximum absolute atomic E-state index is 5.98. The van der Waals surface area contributed by atoms with E-state index >= 15 is 0 Å². The van der Waals surface area contributed by atoms with Gasteiger partial charge in [0.25, 0.3) is 0 Å². The maximum Gasteiger partial charge on any atom is 0.222 e. The summed E-state index contributed by atoms with van der Waals surface area (Å²) in [6.45, 7) is 2.03. The monoisotopic (exact) mass is 252 g/mol. The molecule has 3 N–H and O–H groups in total. The Morgan fingerprint density at radius 1 is 1.53 bits per heavy atom. The van der Waals surface area contributed by atoms with Gasteiger partial charge >= 0.3 is 0 Å². The zero-order chi connectivity index (χ0) is 12.4. The normalized spacial score (nSPS) is 10.5. The minimum Gasteiger partial charge on any atom is -0.368 e. The average Bonchev–Trinajstić information content (AvgIpc) is 2.64. The van der Waals surface area contributed by atoms with Gasteiger partial charge in [0.2, 0.25) is 5.95 Å². The van der Waals surface area contributed by atoms with E-state index in [9.17, 15) is 0 Å². The van der Waals surface area contributed by atoms with Crippen LogP contribution in [0.3, 0.4) is 0 Å². The lowest BCUT2D eigenvalue weighted by molar-refractivity contribution is 0.746. The van der Waals surface area contributed by atoms with E-state index < -0.39 is 0 Å². The van der Waals surface area contributed by atoms with Crippen LogP contribution in [0.2, 0.25) is 5.02 Å². The van der Waals surface area contributed by atoms with Crippen LogP contribution in [0.5, 0.6) is 0 Å². The lowest BCUT2D eigenvalue weighted by atomic mass is 10.3. The Hall–Kier alpha value is -1.82. The third kappa shape index (κ3) is 2.47. The molecule has 0 aliphatic rings. The molecule has 0 aliphatic heterocycles. The van der Waals surface area contributed by atoms with Crippen molar-refractivity contribution >= 4 is 29.1 Å². The van der Waals surface area contributed by atoms with Crippen LogP contribution in [0.4, 0.5) is 17.5 Å². The van der Waals surface area contributed by atoms with Crippen molar-refractivity contribution in [2.24, 2.45) is 7.05 Å². The van der Waals surface area contributed by atoms with Gasteiger partial charge in [0.05, 0.1) is 17.6 Å². The second-order valence-corrected chi connectivity index (χ2v) is 3.97. The molecule has 0 unspecified atom stereocenters. The van der Waals surface area contributed by atoms with E-state index in [4.69, 9.17) is 17.3 Å². The Morgan fingerprint density at radius 3 is 3.00 bits per heavy atom. The Labute approximate surface area is 104 Å². The van der Waals surface area contributed by atoms with Crippen molar-refractivity contribution in [2.75, 3.05) is 11.1 Å². The van der Waals surface area contributed by atoms with Crippen LogP contribution in [0, 0.1) is 0 Å². The van der Waals surface area contributed by atoms with Gasteiger partial charge in [0.1, 0.15) is 5.02 Å². The largest absolute Gasteiger partial charge is 0.368 e. The average molecular weight is 253 g/mol. The number of rotatable bonds is 3. The number of halogens is 1. The third-order valence-electron chi connectivity index (χ3n) is 2.26. The highest BCUT2D eigenvalue weighted by Crippen LogP contribution is 2.24. The topological polar surface area (TPSA) is 81.7 Å². The van der Waals surface area contributed by atoms with Crippen molar-refractivity contribution in [3.8, 4) is 0 Å². The van der Waals surface area contributed by atoms with Crippen LogP contribution in [0.15, 0.2) is 12.4 Å². The summed E-state index contributed by atoms with van der Waals surface area (Å²) >= 11 is 5.98. The van der Waals surface area contributed by atoms with Gasteiger partial charge in [-0.2, -0.15) is 10.1 Å². The predicted octanol–water partition coefficient (Wildman–Crippen LogP) is 1.75. The van der Waals surface area contributed by atoms with Crippen molar-refractivity contribution in [3.05, 3.63) is 23.1 Å². The van der Waals surface area contributed by atoms with Crippen molar-refractivity contribution in [3.63, 3.8) is 0 Å². The molecule has 6 nitrogen and oxygen atoms in total. The van der Waals surface area contributed by atoms with Gasteiger partial charge in [0, 0.05) is 13.2 Å². The molecule has 0 fully saturated rings. The molecule has 2 aromatic heterocycles. The summed E-state index contributed by atoms with van der Waals surface area (Å²) in [4.78, 5) is 7.84. The quantitative estimate of drug-likeness (QED) is 0.870. The molecule has 0 bridgehead atoms. The number of aromatic nitrogens is 4. The molecule has 0 amide bonds. The number of nitrogens with one attached hydrogen (secondary N) is 1. The summed E-state index contributed by atoms with van der Waals surface area (Å²) in [5.74, 6) is 0.667. The molecule has 0 radical (unpaired) electrons.